The summed E-state index contributed by atoms with van der Waals surface area (Å²) in [5.41, 5.74) is 0.180. The van der Waals surface area contributed by atoms with Gasteiger partial charge in [-0.15, -0.1) is 0 Å². The molecule has 0 bridgehead atoms. The van der Waals surface area contributed by atoms with Crippen LogP contribution in [0, 0.1) is 5.82 Å². The summed E-state index contributed by atoms with van der Waals surface area (Å²) < 4.78 is 32.1. The quantitative estimate of drug-likeness (QED) is 0.361. The molecular weight excluding hydrogens is 517 g/mol. The van der Waals surface area contributed by atoms with Crippen LogP contribution in [-0.4, -0.2) is 31.8 Å². The number of fused-ring (bicyclic) bond motifs is 1. The van der Waals surface area contributed by atoms with Gasteiger partial charge in [0.05, 0.1) is 25.8 Å². The molecule has 1 amide bonds. The number of benzene rings is 3. The van der Waals surface area contributed by atoms with E-state index in [0.29, 0.717) is 41.2 Å². The fourth-order valence-corrected chi connectivity index (χ4v) is 5.02. The Balaban J connectivity index is 1.85. The predicted octanol–water partition coefficient (Wildman–Crippen LogP) is 5.24. The number of hydrogen-bond donors (Lipinski definition) is 2. The smallest absolute Gasteiger partial charge is 0.207 e. The molecule has 0 aliphatic carbocycles. The Morgan fingerprint density at radius 1 is 1.17 bits per heavy atom. The molecule has 4 rings (SSSR count). The third-order valence-electron chi connectivity index (χ3n) is 6.52. The summed E-state index contributed by atoms with van der Waals surface area (Å²) >= 11 is 3.44. The van der Waals surface area contributed by atoms with Crippen LogP contribution in [0.3, 0.4) is 0 Å². The number of aliphatic hydroxyl groups is 1. The van der Waals surface area contributed by atoms with Crippen molar-refractivity contribution in [1.82, 2.24) is 5.32 Å². The van der Waals surface area contributed by atoms with Crippen molar-refractivity contribution >= 4 is 22.3 Å². The Kier molecular flexibility index (Phi) is 7.33. The number of nitrogens with one attached hydrogen (secondary N) is 1. The van der Waals surface area contributed by atoms with Crippen LogP contribution in [-0.2, 0) is 10.4 Å². The Bertz CT molecular complexity index is 1200. The number of halogens is 2. The minimum absolute atomic E-state index is 0.189. The number of ether oxygens (including phenoxy) is 3. The van der Waals surface area contributed by atoms with E-state index in [0.717, 1.165) is 10.0 Å². The molecule has 0 radical (unpaired) electrons. The molecule has 0 unspecified atom stereocenters. The summed E-state index contributed by atoms with van der Waals surface area (Å²) in [6.07, 6.45) is 0.0147. The van der Waals surface area contributed by atoms with Crippen molar-refractivity contribution in [3.8, 4) is 17.2 Å². The number of methoxy groups -OCH3 is 2. The van der Waals surface area contributed by atoms with Crippen LogP contribution in [0.25, 0.3) is 0 Å². The molecule has 0 aromatic heterocycles. The van der Waals surface area contributed by atoms with Gasteiger partial charge in [0, 0.05) is 16.6 Å². The van der Waals surface area contributed by atoms with E-state index < -0.39 is 17.7 Å². The van der Waals surface area contributed by atoms with Gasteiger partial charge in [-0.05, 0) is 47.7 Å². The number of amides is 1. The lowest BCUT2D eigenvalue weighted by atomic mass is 9.76. The highest BCUT2D eigenvalue weighted by molar-refractivity contribution is 9.10. The van der Waals surface area contributed by atoms with Crippen LogP contribution < -0.4 is 19.5 Å². The third-order valence-corrected chi connectivity index (χ3v) is 7.05. The van der Waals surface area contributed by atoms with Gasteiger partial charge in [-0.3, -0.25) is 4.79 Å². The van der Waals surface area contributed by atoms with Gasteiger partial charge in [-0.25, -0.2) is 4.39 Å². The predicted molar refractivity (Wildman–Crippen MR) is 133 cm³/mol. The van der Waals surface area contributed by atoms with Crippen molar-refractivity contribution in [2.75, 3.05) is 14.2 Å². The van der Waals surface area contributed by atoms with Crippen molar-refractivity contribution in [2.45, 2.75) is 37.0 Å². The highest BCUT2D eigenvalue weighted by Gasteiger charge is 2.56. The van der Waals surface area contributed by atoms with E-state index in [1.54, 1.807) is 18.2 Å². The van der Waals surface area contributed by atoms with Gasteiger partial charge in [0.1, 0.15) is 23.1 Å². The Morgan fingerprint density at radius 3 is 2.54 bits per heavy atom. The number of rotatable bonds is 9. The second-order valence-electron chi connectivity index (χ2n) is 8.61. The molecule has 0 fully saturated rings. The maximum absolute atomic E-state index is 13.9. The van der Waals surface area contributed by atoms with E-state index >= 15 is 0 Å². The zero-order valence-electron chi connectivity index (χ0n) is 19.6. The molecule has 1 aliphatic rings. The lowest BCUT2D eigenvalue weighted by Gasteiger charge is -2.38. The standard InChI is InChI=1S/C27H27BrFNO5/c1-16(18-5-4-6-20(29)12-18)11-24(30-15-31)27(32)25-22(34-3)13-21(33-2)14-23(25)35-26(27)17-7-9-19(28)10-8-17/h4-10,12-16,24,26,32H,11H2,1-3H3,(H,30,31)/t16-,24-,26-,27+/m0/s1. The fraction of sp³-hybridized carbons (Fsp3) is 0.296. The van der Waals surface area contributed by atoms with E-state index in [1.165, 1.54) is 26.4 Å². The molecule has 3 aromatic rings. The van der Waals surface area contributed by atoms with Gasteiger partial charge in [0.15, 0.2) is 11.7 Å². The maximum Gasteiger partial charge on any atom is 0.207 e. The summed E-state index contributed by atoms with van der Waals surface area (Å²) in [5, 5.41) is 15.3. The fourth-order valence-electron chi connectivity index (χ4n) is 4.76. The van der Waals surface area contributed by atoms with E-state index in [2.05, 4.69) is 21.2 Å². The molecule has 184 valence electrons. The number of carbonyl (C=O) groups is 1. The lowest BCUT2D eigenvalue weighted by molar-refractivity contribution is -0.116. The third kappa shape index (κ3) is 4.73. The molecule has 3 aromatic carbocycles. The SMILES string of the molecule is COc1cc(OC)c2c(c1)O[C@@H](c1ccc(Br)cc1)[C@@]2(O)[C@H](C[C@H](C)c1cccc(F)c1)NC=O. The summed E-state index contributed by atoms with van der Waals surface area (Å²) in [7, 11) is 3.03. The Labute approximate surface area is 212 Å². The summed E-state index contributed by atoms with van der Waals surface area (Å²) in [5.74, 6) is 0.743. The first-order chi connectivity index (χ1) is 16.8. The summed E-state index contributed by atoms with van der Waals surface area (Å²) in [6, 6.07) is 16.3. The molecule has 6 nitrogen and oxygen atoms in total. The summed E-state index contributed by atoms with van der Waals surface area (Å²) in [6.45, 7) is 1.92. The van der Waals surface area contributed by atoms with Gasteiger partial charge >= 0.3 is 0 Å². The van der Waals surface area contributed by atoms with Gasteiger partial charge in [-0.2, -0.15) is 0 Å². The highest BCUT2D eigenvalue weighted by Crippen LogP contribution is 2.56. The first-order valence-electron chi connectivity index (χ1n) is 11.2. The average Bonchev–Trinajstić information content (AvgIpc) is 3.17. The van der Waals surface area contributed by atoms with E-state index in [1.807, 2.05) is 37.3 Å². The largest absolute Gasteiger partial charge is 0.496 e. The van der Waals surface area contributed by atoms with Crippen LogP contribution >= 0.6 is 15.9 Å². The van der Waals surface area contributed by atoms with E-state index in [4.69, 9.17) is 14.2 Å². The molecule has 0 saturated carbocycles. The Hall–Kier alpha value is -3.10. The second kappa shape index (κ2) is 10.3. The number of carbonyl (C=O) groups excluding carboxylic acids is 1. The zero-order valence-corrected chi connectivity index (χ0v) is 21.2. The second-order valence-corrected chi connectivity index (χ2v) is 9.52. The van der Waals surface area contributed by atoms with Crippen molar-refractivity contribution in [3.63, 3.8) is 0 Å². The van der Waals surface area contributed by atoms with E-state index in [9.17, 15) is 14.3 Å². The topological polar surface area (TPSA) is 77.0 Å². The molecule has 35 heavy (non-hydrogen) atoms. The lowest BCUT2D eigenvalue weighted by Crippen LogP contribution is -2.51. The van der Waals surface area contributed by atoms with Crippen molar-refractivity contribution in [2.24, 2.45) is 0 Å². The molecule has 0 saturated heterocycles. The molecule has 2 N–H and O–H groups in total. The minimum Gasteiger partial charge on any atom is -0.496 e. The molecular formula is C27H27BrFNO5. The highest BCUT2D eigenvalue weighted by atomic mass is 79.9. The van der Waals surface area contributed by atoms with Crippen LogP contribution in [0.1, 0.15) is 42.1 Å². The van der Waals surface area contributed by atoms with Crippen LogP contribution in [0.5, 0.6) is 17.2 Å². The van der Waals surface area contributed by atoms with Crippen LogP contribution in [0.2, 0.25) is 0 Å². The average molecular weight is 544 g/mol. The van der Waals surface area contributed by atoms with E-state index in [-0.39, 0.29) is 11.7 Å². The molecule has 8 heteroatoms. The zero-order chi connectivity index (χ0) is 25.2. The molecule has 1 aliphatic heterocycles. The normalized spacial score (nSPS) is 20.3. The van der Waals surface area contributed by atoms with Gasteiger partial charge < -0.3 is 24.6 Å². The summed E-state index contributed by atoms with van der Waals surface area (Å²) in [4.78, 5) is 11.8. The minimum atomic E-state index is -1.71. The van der Waals surface area contributed by atoms with Crippen molar-refractivity contribution in [1.29, 1.82) is 0 Å². The molecule has 0 spiro atoms. The number of hydrogen-bond acceptors (Lipinski definition) is 5. The van der Waals surface area contributed by atoms with Gasteiger partial charge in [0.25, 0.3) is 0 Å². The first kappa shape index (κ1) is 25.0. The van der Waals surface area contributed by atoms with Gasteiger partial charge in [-0.1, -0.05) is 47.1 Å². The molecule has 1 heterocycles. The van der Waals surface area contributed by atoms with Gasteiger partial charge in [0.2, 0.25) is 6.41 Å². The van der Waals surface area contributed by atoms with Crippen molar-refractivity contribution in [3.05, 3.63) is 87.6 Å². The maximum atomic E-state index is 13.9. The first-order valence-corrected chi connectivity index (χ1v) is 12.0. The molecule has 4 atom stereocenters. The van der Waals surface area contributed by atoms with Crippen LogP contribution in [0.15, 0.2) is 65.1 Å². The van der Waals surface area contributed by atoms with Crippen LogP contribution in [0.4, 0.5) is 4.39 Å². The Morgan fingerprint density at radius 2 is 1.91 bits per heavy atom. The monoisotopic (exact) mass is 543 g/mol. The van der Waals surface area contributed by atoms with Crippen molar-refractivity contribution < 1.29 is 28.5 Å².